The minimum Gasteiger partial charge on any atom is -0.497 e. The van der Waals surface area contributed by atoms with Crippen LogP contribution in [0.5, 0.6) is 5.75 Å². The summed E-state index contributed by atoms with van der Waals surface area (Å²) < 4.78 is 35.1. The molecule has 3 aromatic carbocycles. The molecule has 0 saturated heterocycles. The molecule has 172 valence electrons. The molecule has 2 unspecified atom stereocenters. The number of nitrogens with one attached hydrogen (secondary N) is 2. The summed E-state index contributed by atoms with van der Waals surface area (Å²) in [4.78, 5) is 0.123. The molecule has 1 heterocycles. The predicted octanol–water partition coefficient (Wildman–Crippen LogP) is 5.87. The van der Waals surface area contributed by atoms with Crippen LogP contribution in [0.4, 0.5) is 0 Å². The zero-order valence-corrected chi connectivity index (χ0v) is 21.3. The fourth-order valence-corrected chi connectivity index (χ4v) is 6.32. The Balaban J connectivity index is 1.67. The van der Waals surface area contributed by atoms with Gasteiger partial charge in [0.25, 0.3) is 0 Å². The second-order valence-electron chi connectivity index (χ2n) is 7.41. The van der Waals surface area contributed by atoms with Crippen LogP contribution in [-0.2, 0) is 10.0 Å². The lowest BCUT2D eigenvalue weighted by Crippen LogP contribution is -2.34. The van der Waals surface area contributed by atoms with Gasteiger partial charge in [0, 0.05) is 20.9 Å². The molecule has 0 fully saturated rings. The van der Waals surface area contributed by atoms with Gasteiger partial charge < -0.3 is 10.2 Å². The van der Waals surface area contributed by atoms with Crippen molar-refractivity contribution in [3.05, 3.63) is 92.4 Å². The minimum atomic E-state index is -3.91. The normalized spacial score (nSPS) is 16.7. The third kappa shape index (κ3) is 5.36. The highest BCUT2D eigenvalue weighted by Crippen LogP contribution is 2.34. The Morgan fingerprint density at radius 1 is 1.12 bits per heavy atom. The number of ether oxygens (including phenoxy) is 1. The Morgan fingerprint density at radius 2 is 1.85 bits per heavy atom. The zero-order chi connectivity index (χ0) is 23.6. The standard InChI is InChI=1S/C23H20BrCl2N3O3S/c1-32-16-9-6-14(7-10-16)20-13-21(28-27-20)23(17-11-8-15(25)12-19(17)26)29-33(30,31)22-5-3-2-4-18(22)24/h2-12,20,23,27,29H,13H2,1H3. The summed E-state index contributed by atoms with van der Waals surface area (Å²) in [6.07, 6.45) is 0.481. The number of nitrogens with zero attached hydrogens (tertiary/aromatic N) is 1. The molecule has 3 aromatic rings. The lowest BCUT2D eigenvalue weighted by atomic mass is 9.96. The molecule has 0 saturated carbocycles. The first-order valence-electron chi connectivity index (χ1n) is 9.96. The molecule has 1 aliphatic rings. The van der Waals surface area contributed by atoms with Crippen LogP contribution in [0.1, 0.15) is 29.6 Å². The van der Waals surface area contributed by atoms with E-state index in [1.807, 2.05) is 24.3 Å². The molecule has 2 atom stereocenters. The van der Waals surface area contributed by atoms with Crippen molar-refractivity contribution in [3.63, 3.8) is 0 Å². The van der Waals surface area contributed by atoms with Crippen molar-refractivity contribution in [2.45, 2.75) is 23.4 Å². The Hall–Kier alpha value is -2.10. The quantitative estimate of drug-likeness (QED) is 0.373. The van der Waals surface area contributed by atoms with Crippen LogP contribution in [0.2, 0.25) is 10.0 Å². The van der Waals surface area contributed by atoms with Gasteiger partial charge in [-0.25, -0.2) is 8.42 Å². The Bertz CT molecular complexity index is 1300. The van der Waals surface area contributed by atoms with Crippen molar-refractivity contribution >= 4 is 54.9 Å². The number of hydrogen-bond donors (Lipinski definition) is 2. The monoisotopic (exact) mass is 567 g/mol. The number of halogens is 3. The smallest absolute Gasteiger partial charge is 0.242 e. The molecule has 0 aromatic heterocycles. The fraction of sp³-hybridized carbons (Fsp3) is 0.174. The highest BCUT2D eigenvalue weighted by atomic mass is 79.9. The third-order valence-electron chi connectivity index (χ3n) is 5.30. The molecule has 10 heteroatoms. The average Bonchev–Trinajstić information content (AvgIpc) is 3.28. The molecule has 2 N–H and O–H groups in total. The van der Waals surface area contributed by atoms with Gasteiger partial charge in [0.15, 0.2) is 0 Å². The van der Waals surface area contributed by atoms with E-state index in [9.17, 15) is 8.42 Å². The molecular weight excluding hydrogens is 549 g/mol. The van der Waals surface area contributed by atoms with Gasteiger partial charge in [-0.2, -0.15) is 9.82 Å². The Labute approximate surface area is 211 Å². The van der Waals surface area contributed by atoms with Gasteiger partial charge in [-0.05, 0) is 63.5 Å². The minimum absolute atomic E-state index is 0.118. The van der Waals surface area contributed by atoms with Crippen LogP contribution in [0.15, 0.2) is 81.2 Å². The van der Waals surface area contributed by atoms with Gasteiger partial charge in [-0.1, -0.05) is 53.5 Å². The largest absolute Gasteiger partial charge is 0.497 e. The van der Waals surface area contributed by atoms with Crippen molar-refractivity contribution in [3.8, 4) is 5.75 Å². The number of hydrazone groups is 1. The summed E-state index contributed by atoms with van der Waals surface area (Å²) in [5.74, 6) is 0.755. The van der Waals surface area contributed by atoms with E-state index in [-0.39, 0.29) is 10.9 Å². The second-order valence-corrected chi connectivity index (χ2v) is 10.8. The van der Waals surface area contributed by atoms with E-state index in [0.29, 0.717) is 32.2 Å². The predicted molar refractivity (Wildman–Crippen MR) is 135 cm³/mol. The summed E-state index contributed by atoms with van der Waals surface area (Å²) in [6.45, 7) is 0. The average molecular weight is 569 g/mol. The summed E-state index contributed by atoms with van der Waals surface area (Å²) >= 11 is 15.9. The molecule has 0 bridgehead atoms. The first-order chi connectivity index (χ1) is 15.8. The van der Waals surface area contributed by atoms with Gasteiger partial charge >= 0.3 is 0 Å². The molecule has 0 spiro atoms. The van der Waals surface area contributed by atoms with Crippen LogP contribution in [-0.4, -0.2) is 21.2 Å². The van der Waals surface area contributed by atoms with E-state index in [1.54, 1.807) is 43.5 Å². The maximum Gasteiger partial charge on any atom is 0.242 e. The van der Waals surface area contributed by atoms with Crippen LogP contribution in [0.3, 0.4) is 0 Å². The van der Waals surface area contributed by atoms with E-state index >= 15 is 0 Å². The zero-order valence-electron chi connectivity index (χ0n) is 17.4. The summed E-state index contributed by atoms with van der Waals surface area (Å²) in [5, 5.41) is 5.28. The van der Waals surface area contributed by atoms with Crippen molar-refractivity contribution < 1.29 is 13.2 Å². The van der Waals surface area contributed by atoms with Crippen molar-refractivity contribution in [2.24, 2.45) is 5.10 Å². The van der Waals surface area contributed by atoms with Gasteiger partial charge in [-0.3, -0.25) is 0 Å². The molecule has 33 heavy (non-hydrogen) atoms. The Kier molecular flexibility index (Phi) is 7.31. The first-order valence-corrected chi connectivity index (χ1v) is 13.0. The highest BCUT2D eigenvalue weighted by Gasteiger charge is 2.32. The van der Waals surface area contributed by atoms with Gasteiger partial charge in [0.05, 0.1) is 29.8 Å². The molecule has 0 amide bonds. The molecule has 0 aliphatic carbocycles. The summed E-state index contributed by atoms with van der Waals surface area (Å²) in [5.41, 5.74) is 5.29. The lowest BCUT2D eigenvalue weighted by Gasteiger charge is -2.21. The van der Waals surface area contributed by atoms with E-state index in [2.05, 4.69) is 31.2 Å². The number of rotatable bonds is 7. The van der Waals surface area contributed by atoms with Gasteiger partial charge in [0.2, 0.25) is 10.0 Å². The molecule has 0 radical (unpaired) electrons. The maximum absolute atomic E-state index is 13.3. The lowest BCUT2D eigenvalue weighted by molar-refractivity contribution is 0.414. The van der Waals surface area contributed by atoms with E-state index in [4.69, 9.17) is 27.9 Å². The molecule has 4 rings (SSSR count). The summed E-state index contributed by atoms with van der Waals surface area (Å²) in [7, 11) is -2.29. The number of benzene rings is 3. The summed E-state index contributed by atoms with van der Waals surface area (Å²) in [6, 6.07) is 18.3. The van der Waals surface area contributed by atoms with Crippen molar-refractivity contribution in [1.82, 2.24) is 10.1 Å². The van der Waals surface area contributed by atoms with Crippen LogP contribution in [0, 0.1) is 0 Å². The van der Waals surface area contributed by atoms with Crippen molar-refractivity contribution in [1.29, 1.82) is 0 Å². The van der Waals surface area contributed by atoms with Crippen LogP contribution < -0.4 is 14.9 Å². The van der Waals surface area contributed by atoms with Crippen molar-refractivity contribution in [2.75, 3.05) is 7.11 Å². The van der Waals surface area contributed by atoms with Gasteiger partial charge in [0.1, 0.15) is 5.75 Å². The highest BCUT2D eigenvalue weighted by molar-refractivity contribution is 9.10. The van der Waals surface area contributed by atoms with E-state index in [0.717, 1.165) is 11.3 Å². The second kappa shape index (κ2) is 10.0. The number of sulfonamides is 1. The van der Waals surface area contributed by atoms with Crippen LogP contribution in [0.25, 0.3) is 0 Å². The first kappa shape index (κ1) is 24.0. The maximum atomic E-state index is 13.3. The van der Waals surface area contributed by atoms with E-state index < -0.39 is 16.1 Å². The van der Waals surface area contributed by atoms with Crippen LogP contribution >= 0.6 is 39.1 Å². The third-order valence-corrected chi connectivity index (χ3v) is 8.30. The fourth-order valence-electron chi connectivity index (χ4n) is 3.60. The molecule has 1 aliphatic heterocycles. The molecular formula is C23H20BrCl2N3O3S. The molecule has 6 nitrogen and oxygen atoms in total. The number of hydrogen-bond acceptors (Lipinski definition) is 5. The SMILES string of the molecule is COc1ccc(C2CC(C(NS(=O)(=O)c3ccccc3Br)c3ccc(Cl)cc3Cl)=NN2)cc1. The number of methoxy groups -OCH3 is 1. The topological polar surface area (TPSA) is 79.8 Å². The van der Waals surface area contributed by atoms with Gasteiger partial charge in [-0.15, -0.1) is 0 Å². The Morgan fingerprint density at radius 3 is 2.52 bits per heavy atom. The van der Waals surface area contributed by atoms with E-state index in [1.165, 1.54) is 6.07 Å².